The van der Waals surface area contributed by atoms with Crippen molar-refractivity contribution in [1.29, 1.82) is 0 Å². The van der Waals surface area contributed by atoms with Crippen LogP contribution in [-0.4, -0.2) is 24.1 Å². The minimum atomic E-state index is -0.183. The van der Waals surface area contributed by atoms with Crippen molar-refractivity contribution in [2.45, 2.75) is 45.4 Å². The first-order valence-corrected chi connectivity index (χ1v) is 9.30. The standard InChI is InChI=1S/C21H28N4O/c1-21(2,3)17-8-4-5-9-18(17)25-20(26)23-14-12-16-11-10-15-7-6-13-22-19(15)24-16/h4-5,8-11H,6-7,12-14H2,1-3H3,(H,22,24)(H2,23,25,26). The molecule has 0 radical (unpaired) electrons. The van der Waals surface area contributed by atoms with Crippen LogP contribution in [0.2, 0.25) is 0 Å². The average Bonchev–Trinajstić information content (AvgIpc) is 2.61. The van der Waals surface area contributed by atoms with E-state index in [1.165, 1.54) is 5.56 Å². The molecule has 3 rings (SSSR count). The van der Waals surface area contributed by atoms with Gasteiger partial charge in [-0.15, -0.1) is 0 Å². The summed E-state index contributed by atoms with van der Waals surface area (Å²) in [4.78, 5) is 16.9. The molecule has 0 spiro atoms. The summed E-state index contributed by atoms with van der Waals surface area (Å²) in [6, 6.07) is 12.0. The molecule has 1 aliphatic heterocycles. The fourth-order valence-corrected chi connectivity index (χ4v) is 3.22. The Morgan fingerprint density at radius 3 is 2.81 bits per heavy atom. The van der Waals surface area contributed by atoms with Gasteiger partial charge in [0.05, 0.1) is 0 Å². The summed E-state index contributed by atoms with van der Waals surface area (Å²) < 4.78 is 0. The van der Waals surface area contributed by atoms with Gasteiger partial charge in [0.15, 0.2) is 0 Å². The molecule has 5 nitrogen and oxygen atoms in total. The summed E-state index contributed by atoms with van der Waals surface area (Å²) in [6.45, 7) is 7.95. The number of anilines is 2. The lowest BCUT2D eigenvalue weighted by molar-refractivity contribution is 0.252. The highest BCUT2D eigenvalue weighted by Crippen LogP contribution is 2.29. The van der Waals surface area contributed by atoms with E-state index in [1.807, 2.05) is 18.2 Å². The lowest BCUT2D eigenvalue weighted by Gasteiger charge is -2.23. The van der Waals surface area contributed by atoms with Crippen molar-refractivity contribution in [3.05, 3.63) is 53.2 Å². The Kier molecular flexibility index (Phi) is 5.45. The van der Waals surface area contributed by atoms with Crippen LogP contribution < -0.4 is 16.0 Å². The Balaban J connectivity index is 1.54. The van der Waals surface area contributed by atoms with E-state index in [1.54, 1.807) is 0 Å². The van der Waals surface area contributed by atoms with E-state index in [2.05, 4.69) is 59.9 Å². The number of rotatable bonds is 4. The fourth-order valence-electron chi connectivity index (χ4n) is 3.22. The van der Waals surface area contributed by atoms with Crippen LogP contribution in [0.25, 0.3) is 0 Å². The number of hydrogen-bond donors (Lipinski definition) is 3. The van der Waals surface area contributed by atoms with Gasteiger partial charge < -0.3 is 16.0 Å². The predicted octanol–water partition coefficient (Wildman–Crippen LogP) is 4.10. The molecule has 1 aliphatic rings. The highest BCUT2D eigenvalue weighted by Gasteiger charge is 2.18. The molecule has 0 bridgehead atoms. The number of hydrogen-bond acceptors (Lipinski definition) is 3. The zero-order valence-electron chi connectivity index (χ0n) is 15.9. The Morgan fingerprint density at radius 2 is 2.00 bits per heavy atom. The Morgan fingerprint density at radius 1 is 1.19 bits per heavy atom. The number of amides is 2. The SMILES string of the molecule is CC(C)(C)c1ccccc1NC(=O)NCCc1ccc2c(n1)NCCC2. The third-order valence-electron chi connectivity index (χ3n) is 4.60. The molecule has 3 N–H and O–H groups in total. The topological polar surface area (TPSA) is 66.0 Å². The first-order chi connectivity index (χ1) is 12.4. The van der Waals surface area contributed by atoms with Gasteiger partial charge in [-0.2, -0.15) is 0 Å². The number of benzene rings is 1. The smallest absolute Gasteiger partial charge is 0.319 e. The van der Waals surface area contributed by atoms with E-state index in [0.29, 0.717) is 13.0 Å². The van der Waals surface area contributed by atoms with Gasteiger partial charge in [0, 0.05) is 30.9 Å². The van der Waals surface area contributed by atoms with Gasteiger partial charge in [0.1, 0.15) is 5.82 Å². The molecule has 0 saturated heterocycles. The number of aromatic nitrogens is 1. The predicted molar refractivity (Wildman–Crippen MR) is 107 cm³/mol. The fraction of sp³-hybridized carbons (Fsp3) is 0.429. The molecule has 1 aromatic heterocycles. The van der Waals surface area contributed by atoms with Crippen molar-refractivity contribution in [2.24, 2.45) is 0 Å². The van der Waals surface area contributed by atoms with Gasteiger partial charge in [-0.25, -0.2) is 9.78 Å². The van der Waals surface area contributed by atoms with Crippen LogP contribution in [0.15, 0.2) is 36.4 Å². The maximum atomic E-state index is 12.3. The second-order valence-electron chi connectivity index (χ2n) is 7.77. The van der Waals surface area contributed by atoms with Crippen LogP contribution in [0.3, 0.4) is 0 Å². The molecule has 2 heterocycles. The molecule has 138 valence electrons. The number of fused-ring (bicyclic) bond motifs is 1. The van der Waals surface area contributed by atoms with E-state index >= 15 is 0 Å². The van der Waals surface area contributed by atoms with E-state index in [9.17, 15) is 4.79 Å². The summed E-state index contributed by atoms with van der Waals surface area (Å²) >= 11 is 0. The highest BCUT2D eigenvalue weighted by molar-refractivity contribution is 5.90. The molecule has 0 fully saturated rings. The van der Waals surface area contributed by atoms with Crippen LogP contribution in [-0.2, 0) is 18.3 Å². The molecule has 0 aliphatic carbocycles. The number of carbonyl (C=O) groups is 1. The first kappa shape index (κ1) is 18.2. The number of aryl methyl sites for hydroxylation is 1. The van der Waals surface area contributed by atoms with E-state index < -0.39 is 0 Å². The number of nitrogens with zero attached hydrogens (tertiary/aromatic N) is 1. The van der Waals surface area contributed by atoms with Gasteiger partial charge >= 0.3 is 6.03 Å². The summed E-state index contributed by atoms with van der Waals surface area (Å²) in [5, 5.41) is 9.24. The number of carbonyl (C=O) groups excluding carboxylic acids is 1. The Labute approximate surface area is 155 Å². The van der Waals surface area contributed by atoms with Gasteiger partial charge in [0.2, 0.25) is 0 Å². The second-order valence-corrected chi connectivity index (χ2v) is 7.77. The van der Waals surface area contributed by atoms with Crippen LogP contribution in [0.1, 0.15) is 44.0 Å². The Bertz CT molecular complexity index is 780. The van der Waals surface area contributed by atoms with Crippen molar-refractivity contribution in [3.63, 3.8) is 0 Å². The zero-order valence-corrected chi connectivity index (χ0v) is 15.9. The third-order valence-corrected chi connectivity index (χ3v) is 4.60. The van der Waals surface area contributed by atoms with Gasteiger partial charge in [0.25, 0.3) is 0 Å². The molecule has 26 heavy (non-hydrogen) atoms. The molecular weight excluding hydrogens is 324 g/mol. The lowest BCUT2D eigenvalue weighted by atomic mass is 9.86. The van der Waals surface area contributed by atoms with Crippen molar-refractivity contribution in [2.75, 3.05) is 23.7 Å². The van der Waals surface area contributed by atoms with Crippen molar-refractivity contribution in [1.82, 2.24) is 10.3 Å². The summed E-state index contributed by atoms with van der Waals surface area (Å²) in [6.07, 6.45) is 2.96. The maximum Gasteiger partial charge on any atom is 0.319 e. The van der Waals surface area contributed by atoms with Gasteiger partial charge in [-0.05, 0) is 41.5 Å². The number of nitrogens with one attached hydrogen (secondary N) is 3. The minimum Gasteiger partial charge on any atom is -0.370 e. The number of para-hydroxylation sites is 1. The minimum absolute atomic E-state index is 0.0239. The molecule has 0 saturated carbocycles. The van der Waals surface area contributed by atoms with Crippen LogP contribution in [0.4, 0.5) is 16.3 Å². The second kappa shape index (κ2) is 7.77. The molecule has 0 unspecified atom stereocenters. The van der Waals surface area contributed by atoms with Crippen molar-refractivity contribution < 1.29 is 4.79 Å². The monoisotopic (exact) mass is 352 g/mol. The van der Waals surface area contributed by atoms with Crippen LogP contribution in [0, 0.1) is 0 Å². The zero-order chi connectivity index (χ0) is 18.6. The molecule has 1 aromatic carbocycles. The molecule has 2 amide bonds. The van der Waals surface area contributed by atoms with Crippen molar-refractivity contribution >= 4 is 17.5 Å². The van der Waals surface area contributed by atoms with Gasteiger partial charge in [-0.1, -0.05) is 45.0 Å². The number of urea groups is 1. The van der Waals surface area contributed by atoms with Crippen molar-refractivity contribution in [3.8, 4) is 0 Å². The van der Waals surface area contributed by atoms with Crippen LogP contribution in [0.5, 0.6) is 0 Å². The van der Waals surface area contributed by atoms with E-state index in [4.69, 9.17) is 0 Å². The average molecular weight is 352 g/mol. The Hall–Kier alpha value is -2.56. The molecule has 2 aromatic rings. The van der Waals surface area contributed by atoms with Crippen LogP contribution >= 0.6 is 0 Å². The number of pyridine rings is 1. The maximum absolute atomic E-state index is 12.3. The molecule has 0 atom stereocenters. The highest BCUT2D eigenvalue weighted by atomic mass is 16.2. The normalized spacial score (nSPS) is 13.5. The molecular formula is C21H28N4O. The van der Waals surface area contributed by atoms with E-state index in [0.717, 1.165) is 42.1 Å². The first-order valence-electron chi connectivity index (χ1n) is 9.30. The van der Waals surface area contributed by atoms with E-state index in [-0.39, 0.29) is 11.4 Å². The summed E-state index contributed by atoms with van der Waals surface area (Å²) in [5.41, 5.74) is 4.23. The quantitative estimate of drug-likeness (QED) is 0.776. The van der Waals surface area contributed by atoms with Gasteiger partial charge in [-0.3, -0.25) is 0 Å². The summed E-state index contributed by atoms with van der Waals surface area (Å²) in [7, 11) is 0. The third kappa shape index (κ3) is 4.54. The largest absolute Gasteiger partial charge is 0.370 e. The summed E-state index contributed by atoms with van der Waals surface area (Å²) in [5.74, 6) is 0.998. The molecule has 5 heteroatoms. The lowest BCUT2D eigenvalue weighted by Crippen LogP contribution is -2.31.